The molecule has 1 heteroatoms. The molecule has 0 saturated heterocycles. The number of benzene rings is 1. The predicted octanol–water partition coefficient (Wildman–Crippen LogP) is 3.73. The first kappa shape index (κ1) is 8.96. The quantitative estimate of drug-likeness (QED) is 0.659. The SMILES string of the molecule is Cc1c2c(c(Br)c3c1CCC3)CCC2. The lowest BCUT2D eigenvalue weighted by Gasteiger charge is -2.13. The Bertz CT molecular complexity index is 332. The van der Waals surface area contributed by atoms with Crippen LogP contribution in [-0.4, -0.2) is 0 Å². The Morgan fingerprint density at radius 1 is 0.786 bits per heavy atom. The van der Waals surface area contributed by atoms with Crippen molar-refractivity contribution in [2.24, 2.45) is 0 Å². The normalized spacial score (nSPS) is 18.4. The van der Waals surface area contributed by atoms with Gasteiger partial charge in [-0.1, -0.05) is 15.9 Å². The van der Waals surface area contributed by atoms with Gasteiger partial charge in [-0.05, 0) is 73.3 Å². The highest BCUT2D eigenvalue weighted by Gasteiger charge is 2.25. The number of halogens is 1. The summed E-state index contributed by atoms with van der Waals surface area (Å²) in [6.07, 6.45) is 7.93. The largest absolute Gasteiger partial charge is 0.0502 e. The summed E-state index contributed by atoms with van der Waals surface area (Å²) < 4.78 is 1.46. The van der Waals surface area contributed by atoms with Crippen molar-refractivity contribution in [3.8, 4) is 0 Å². The summed E-state index contributed by atoms with van der Waals surface area (Å²) in [5, 5.41) is 0. The van der Waals surface area contributed by atoms with Gasteiger partial charge in [-0.25, -0.2) is 0 Å². The van der Waals surface area contributed by atoms with Crippen molar-refractivity contribution >= 4 is 15.9 Å². The Balaban J connectivity index is 2.33. The maximum Gasteiger partial charge on any atom is 0.0245 e. The molecule has 3 rings (SSSR count). The standard InChI is InChI=1S/C13H15Br/c1-8-9-4-2-6-11(9)13(14)12-7-3-5-10(8)12/h2-7H2,1H3. The summed E-state index contributed by atoms with van der Waals surface area (Å²) in [7, 11) is 0. The summed E-state index contributed by atoms with van der Waals surface area (Å²) in [4.78, 5) is 0. The van der Waals surface area contributed by atoms with Gasteiger partial charge in [-0.3, -0.25) is 0 Å². The molecule has 0 bridgehead atoms. The molecule has 0 fully saturated rings. The zero-order chi connectivity index (χ0) is 9.71. The van der Waals surface area contributed by atoms with Crippen molar-refractivity contribution in [3.63, 3.8) is 0 Å². The first-order chi connectivity index (χ1) is 6.79. The fourth-order valence-corrected chi connectivity index (χ4v) is 4.04. The lowest BCUT2D eigenvalue weighted by molar-refractivity contribution is 0.891. The molecule has 74 valence electrons. The van der Waals surface area contributed by atoms with Crippen LogP contribution in [-0.2, 0) is 25.7 Å². The van der Waals surface area contributed by atoms with E-state index < -0.39 is 0 Å². The van der Waals surface area contributed by atoms with E-state index in [9.17, 15) is 0 Å². The molecular formula is C13H15Br. The van der Waals surface area contributed by atoms with Gasteiger partial charge in [-0.2, -0.15) is 0 Å². The Labute approximate surface area is 93.8 Å². The second-order valence-corrected chi connectivity index (χ2v) is 5.35. The zero-order valence-corrected chi connectivity index (χ0v) is 10.2. The molecule has 0 heterocycles. The van der Waals surface area contributed by atoms with E-state index in [-0.39, 0.29) is 0 Å². The molecule has 0 aliphatic heterocycles. The minimum absolute atomic E-state index is 1.30. The number of fused-ring (bicyclic) bond motifs is 2. The van der Waals surface area contributed by atoms with Gasteiger partial charge in [0.05, 0.1) is 0 Å². The summed E-state index contributed by atoms with van der Waals surface area (Å²) in [6.45, 7) is 2.33. The van der Waals surface area contributed by atoms with Crippen LogP contribution >= 0.6 is 15.9 Å². The fourth-order valence-electron chi connectivity index (χ4n) is 3.16. The molecule has 0 spiro atoms. The average molecular weight is 251 g/mol. The highest BCUT2D eigenvalue weighted by atomic mass is 79.9. The van der Waals surface area contributed by atoms with E-state index in [0.29, 0.717) is 0 Å². The molecule has 0 aromatic heterocycles. The summed E-state index contributed by atoms with van der Waals surface area (Å²) >= 11 is 3.82. The van der Waals surface area contributed by atoms with Crippen LogP contribution in [0.15, 0.2) is 4.47 Å². The van der Waals surface area contributed by atoms with E-state index >= 15 is 0 Å². The molecule has 2 aliphatic rings. The zero-order valence-electron chi connectivity index (χ0n) is 8.62. The van der Waals surface area contributed by atoms with Crippen LogP contribution in [0.4, 0.5) is 0 Å². The first-order valence-electron chi connectivity index (χ1n) is 5.60. The van der Waals surface area contributed by atoms with E-state index in [1.54, 1.807) is 27.8 Å². The monoisotopic (exact) mass is 250 g/mol. The molecular weight excluding hydrogens is 236 g/mol. The minimum Gasteiger partial charge on any atom is -0.0502 e. The molecule has 14 heavy (non-hydrogen) atoms. The third-order valence-electron chi connectivity index (χ3n) is 3.87. The first-order valence-corrected chi connectivity index (χ1v) is 6.40. The van der Waals surface area contributed by atoms with Crippen molar-refractivity contribution in [1.82, 2.24) is 0 Å². The Morgan fingerprint density at radius 2 is 1.21 bits per heavy atom. The lowest BCUT2D eigenvalue weighted by atomic mass is 9.95. The van der Waals surface area contributed by atoms with Crippen molar-refractivity contribution in [2.45, 2.75) is 45.4 Å². The van der Waals surface area contributed by atoms with Gasteiger partial charge in [-0.15, -0.1) is 0 Å². The summed E-state index contributed by atoms with van der Waals surface area (Å²) in [5.74, 6) is 0. The smallest absolute Gasteiger partial charge is 0.0245 e. The van der Waals surface area contributed by atoms with Gasteiger partial charge >= 0.3 is 0 Å². The Morgan fingerprint density at radius 3 is 1.71 bits per heavy atom. The number of hydrogen-bond acceptors (Lipinski definition) is 0. The van der Waals surface area contributed by atoms with Gasteiger partial charge < -0.3 is 0 Å². The summed E-state index contributed by atoms with van der Waals surface area (Å²) in [6, 6.07) is 0. The second kappa shape index (κ2) is 3.10. The van der Waals surface area contributed by atoms with Gasteiger partial charge in [0.2, 0.25) is 0 Å². The van der Waals surface area contributed by atoms with E-state index in [4.69, 9.17) is 0 Å². The third kappa shape index (κ3) is 1.05. The van der Waals surface area contributed by atoms with E-state index in [1.165, 1.54) is 43.0 Å². The molecule has 0 radical (unpaired) electrons. The lowest BCUT2D eigenvalue weighted by Crippen LogP contribution is -1.98. The van der Waals surface area contributed by atoms with E-state index in [2.05, 4.69) is 22.9 Å². The van der Waals surface area contributed by atoms with Crippen molar-refractivity contribution in [1.29, 1.82) is 0 Å². The van der Waals surface area contributed by atoms with Crippen LogP contribution in [0.2, 0.25) is 0 Å². The molecule has 1 aromatic carbocycles. The van der Waals surface area contributed by atoms with E-state index in [1.807, 2.05) is 0 Å². The highest BCUT2D eigenvalue weighted by Crippen LogP contribution is 2.40. The van der Waals surface area contributed by atoms with Crippen LogP contribution in [0.1, 0.15) is 40.7 Å². The number of hydrogen-bond donors (Lipinski definition) is 0. The average Bonchev–Trinajstić information content (AvgIpc) is 2.82. The fraction of sp³-hybridized carbons (Fsp3) is 0.538. The van der Waals surface area contributed by atoms with Crippen LogP contribution in [0.5, 0.6) is 0 Å². The van der Waals surface area contributed by atoms with Gasteiger partial charge in [0.1, 0.15) is 0 Å². The van der Waals surface area contributed by atoms with Crippen LogP contribution in [0, 0.1) is 6.92 Å². The van der Waals surface area contributed by atoms with Crippen molar-refractivity contribution in [3.05, 3.63) is 32.3 Å². The molecule has 0 unspecified atom stereocenters. The Hall–Kier alpha value is -0.300. The maximum atomic E-state index is 3.82. The van der Waals surface area contributed by atoms with Crippen LogP contribution in [0.3, 0.4) is 0 Å². The minimum atomic E-state index is 1.30. The topological polar surface area (TPSA) is 0 Å². The second-order valence-electron chi connectivity index (χ2n) is 4.56. The third-order valence-corrected chi connectivity index (χ3v) is 4.83. The number of rotatable bonds is 0. The van der Waals surface area contributed by atoms with Crippen LogP contribution < -0.4 is 0 Å². The molecule has 0 atom stereocenters. The molecule has 0 N–H and O–H groups in total. The van der Waals surface area contributed by atoms with Crippen LogP contribution in [0.25, 0.3) is 0 Å². The molecule has 0 saturated carbocycles. The van der Waals surface area contributed by atoms with E-state index in [0.717, 1.165) is 0 Å². The molecule has 1 aromatic rings. The molecule has 0 amide bonds. The summed E-state index contributed by atoms with van der Waals surface area (Å²) in [5.41, 5.74) is 8.20. The maximum absolute atomic E-state index is 3.82. The predicted molar refractivity (Wildman–Crippen MR) is 62.9 cm³/mol. The highest BCUT2D eigenvalue weighted by molar-refractivity contribution is 9.10. The van der Waals surface area contributed by atoms with Gasteiger partial charge in [0, 0.05) is 4.47 Å². The van der Waals surface area contributed by atoms with Gasteiger partial charge in [0.15, 0.2) is 0 Å². The molecule has 0 nitrogen and oxygen atoms in total. The Kier molecular flexibility index (Phi) is 1.98. The van der Waals surface area contributed by atoms with Crippen molar-refractivity contribution < 1.29 is 0 Å². The molecule has 2 aliphatic carbocycles. The van der Waals surface area contributed by atoms with Gasteiger partial charge in [0.25, 0.3) is 0 Å². The van der Waals surface area contributed by atoms with Crippen molar-refractivity contribution in [2.75, 3.05) is 0 Å².